The second-order valence-corrected chi connectivity index (χ2v) is 10.9. The highest BCUT2D eigenvalue weighted by atomic mass is 16.6. The van der Waals surface area contributed by atoms with Crippen molar-refractivity contribution in [3.8, 4) is 0 Å². The first-order valence-corrected chi connectivity index (χ1v) is 13.2. The Labute approximate surface area is 224 Å². The van der Waals surface area contributed by atoms with Crippen molar-refractivity contribution >= 4 is 23.2 Å². The van der Waals surface area contributed by atoms with Crippen LogP contribution in [-0.4, -0.2) is 22.8 Å². The summed E-state index contributed by atoms with van der Waals surface area (Å²) in [7, 11) is 0. The SMILES string of the molecule is CC(C)(C)c1ccc(N(C(=O)c2ccccc2)C(C(=O)NC2CCCCC2)c2cccc([N+](=O)[O-])c2)cc1. The molecular weight excluding hydrogens is 478 g/mol. The number of non-ortho nitro benzene ring substituents is 1. The molecule has 0 heterocycles. The van der Waals surface area contributed by atoms with Crippen molar-refractivity contribution in [1.82, 2.24) is 5.32 Å². The predicted octanol–water partition coefficient (Wildman–Crippen LogP) is 6.73. The molecule has 1 fully saturated rings. The Hall–Kier alpha value is -4.00. The smallest absolute Gasteiger partial charge is 0.269 e. The van der Waals surface area contributed by atoms with Crippen molar-refractivity contribution in [2.45, 2.75) is 70.4 Å². The summed E-state index contributed by atoms with van der Waals surface area (Å²) in [4.78, 5) is 40.7. The highest BCUT2D eigenvalue weighted by Crippen LogP contribution is 2.34. The molecule has 0 radical (unpaired) electrons. The lowest BCUT2D eigenvalue weighted by atomic mass is 9.87. The molecule has 1 saturated carbocycles. The minimum Gasteiger partial charge on any atom is -0.351 e. The van der Waals surface area contributed by atoms with E-state index < -0.39 is 11.0 Å². The average Bonchev–Trinajstić information content (AvgIpc) is 2.92. The number of anilines is 1. The Morgan fingerprint density at radius 2 is 1.58 bits per heavy atom. The van der Waals surface area contributed by atoms with Crippen molar-refractivity contribution in [2.24, 2.45) is 0 Å². The van der Waals surface area contributed by atoms with Crippen LogP contribution in [0.5, 0.6) is 0 Å². The molecule has 38 heavy (non-hydrogen) atoms. The minimum atomic E-state index is -1.09. The largest absolute Gasteiger partial charge is 0.351 e. The van der Waals surface area contributed by atoms with Gasteiger partial charge in [0.2, 0.25) is 5.91 Å². The van der Waals surface area contributed by atoms with Gasteiger partial charge in [0.05, 0.1) is 4.92 Å². The van der Waals surface area contributed by atoms with Crippen LogP contribution in [0.2, 0.25) is 0 Å². The third-order valence-corrected chi connectivity index (χ3v) is 7.11. The van der Waals surface area contributed by atoms with E-state index in [0.29, 0.717) is 16.8 Å². The lowest BCUT2D eigenvalue weighted by Gasteiger charge is -2.34. The predicted molar refractivity (Wildman–Crippen MR) is 149 cm³/mol. The van der Waals surface area contributed by atoms with E-state index >= 15 is 0 Å². The molecule has 3 aromatic rings. The summed E-state index contributed by atoms with van der Waals surface area (Å²) in [5.41, 5.74) is 2.22. The maximum Gasteiger partial charge on any atom is 0.269 e. The van der Waals surface area contributed by atoms with Gasteiger partial charge in [-0.3, -0.25) is 24.6 Å². The summed E-state index contributed by atoms with van der Waals surface area (Å²) >= 11 is 0. The average molecular weight is 514 g/mol. The number of hydrogen-bond donors (Lipinski definition) is 1. The molecule has 4 rings (SSSR count). The molecule has 0 aromatic heterocycles. The molecule has 2 amide bonds. The second-order valence-electron chi connectivity index (χ2n) is 10.9. The van der Waals surface area contributed by atoms with Gasteiger partial charge in [0.1, 0.15) is 6.04 Å². The molecule has 1 atom stereocenters. The van der Waals surface area contributed by atoms with E-state index in [2.05, 4.69) is 26.1 Å². The Balaban J connectivity index is 1.85. The molecule has 0 spiro atoms. The fourth-order valence-electron chi connectivity index (χ4n) is 4.98. The van der Waals surface area contributed by atoms with Crippen LogP contribution in [0.3, 0.4) is 0 Å². The maximum absolute atomic E-state index is 14.1. The second kappa shape index (κ2) is 11.6. The third kappa shape index (κ3) is 6.28. The normalized spacial score (nSPS) is 14.9. The highest BCUT2D eigenvalue weighted by molar-refractivity contribution is 6.10. The standard InChI is InChI=1S/C31H35N3O4/c1-31(2,3)24-17-19-26(20-18-24)33(30(36)22-11-6-4-7-12-22)28(23-13-10-16-27(21-23)34(37)38)29(35)32-25-14-8-5-9-15-25/h4,6-7,10-13,16-21,25,28H,5,8-9,14-15H2,1-3H3,(H,32,35). The molecule has 198 valence electrons. The maximum atomic E-state index is 14.1. The van der Waals surface area contributed by atoms with E-state index in [4.69, 9.17) is 0 Å². The molecule has 0 saturated heterocycles. The number of benzene rings is 3. The van der Waals surface area contributed by atoms with Gasteiger partial charge in [0.25, 0.3) is 11.6 Å². The van der Waals surface area contributed by atoms with Crippen LogP contribution in [-0.2, 0) is 10.2 Å². The van der Waals surface area contributed by atoms with Gasteiger partial charge in [-0.15, -0.1) is 0 Å². The van der Waals surface area contributed by atoms with Crippen LogP contribution in [0.1, 0.15) is 80.4 Å². The first-order valence-electron chi connectivity index (χ1n) is 13.2. The van der Waals surface area contributed by atoms with Crippen LogP contribution in [0, 0.1) is 10.1 Å². The molecule has 0 bridgehead atoms. The Kier molecular flexibility index (Phi) is 8.25. The molecule has 3 aromatic carbocycles. The highest BCUT2D eigenvalue weighted by Gasteiger charge is 2.35. The minimum absolute atomic E-state index is 0.00870. The Bertz CT molecular complexity index is 1280. The van der Waals surface area contributed by atoms with E-state index in [-0.39, 0.29) is 29.0 Å². The van der Waals surface area contributed by atoms with Gasteiger partial charge in [0, 0.05) is 29.4 Å². The third-order valence-electron chi connectivity index (χ3n) is 7.11. The summed E-state index contributed by atoms with van der Waals surface area (Å²) in [6.07, 6.45) is 4.96. The van der Waals surface area contributed by atoms with Gasteiger partial charge in [-0.25, -0.2) is 0 Å². The van der Waals surface area contributed by atoms with Crippen molar-refractivity contribution in [3.05, 3.63) is 106 Å². The van der Waals surface area contributed by atoms with Crippen molar-refractivity contribution in [2.75, 3.05) is 4.90 Å². The fourth-order valence-corrected chi connectivity index (χ4v) is 4.98. The van der Waals surface area contributed by atoms with Gasteiger partial charge < -0.3 is 5.32 Å². The molecule has 7 nitrogen and oxygen atoms in total. The molecular formula is C31H35N3O4. The Morgan fingerprint density at radius 1 is 0.921 bits per heavy atom. The van der Waals surface area contributed by atoms with E-state index in [0.717, 1.165) is 37.7 Å². The summed E-state index contributed by atoms with van der Waals surface area (Å²) in [6.45, 7) is 6.33. The summed E-state index contributed by atoms with van der Waals surface area (Å²) in [5.74, 6) is -0.703. The van der Waals surface area contributed by atoms with E-state index in [9.17, 15) is 19.7 Å². The lowest BCUT2D eigenvalue weighted by Crippen LogP contribution is -2.47. The number of carbonyl (C=O) groups is 2. The zero-order chi connectivity index (χ0) is 27.3. The fraction of sp³-hybridized carbons (Fsp3) is 0.355. The molecule has 1 unspecified atom stereocenters. The molecule has 7 heteroatoms. The number of nitro benzene ring substituents is 1. The van der Waals surface area contributed by atoms with Gasteiger partial charge >= 0.3 is 0 Å². The van der Waals surface area contributed by atoms with Crippen LogP contribution in [0.25, 0.3) is 0 Å². The zero-order valence-electron chi connectivity index (χ0n) is 22.2. The molecule has 1 N–H and O–H groups in total. The van der Waals surface area contributed by atoms with Crippen molar-refractivity contribution in [1.29, 1.82) is 0 Å². The summed E-state index contributed by atoms with van der Waals surface area (Å²) in [6, 6.07) is 21.3. The number of hydrogen-bond acceptors (Lipinski definition) is 4. The van der Waals surface area contributed by atoms with Crippen molar-refractivity contribution < 1.29 is 14.5 Å². The topological polar surface area (TPSA) is 92.6 Å². The van der Waals surface area contributed by atoms with Crippen LogP contribution < -0.4 is 10.2 Å². The van der Waals surface area contributed by atoms with Crippen LogP contribution in [0.4, 0.5) is 11.4 Å². The number of carbonyl (C=O) groups excluding carboxylic acids is 2. The van der Waals surface area contributed by atoms with Gasteiger partial charge in [-0.2, -0.15) is 0 Å². The Morgan fingerprint density at radius 3 is 2.18 bits per heavy atom. The number of nitrogens with zero attached hydrogens (tertiary/aromatic N) is 2. The quantitative estimate of drug-likeness (QED) is 0.280. The first-order chi connectivity index (χ1) is 18.1. The van der Waals surface area contributed by atoms with Crippen LogP contribution in [0.15, 0.2) is 78.9 Å². The number of nitro groups is 1. The monoisotopic (exact) mass is 513 g/mol. The van der Waals surface area contributed by atoms with Gasteiger partial charge in [-0.05, 0) is 53.6 Å². The molecule has 1 aliphatic rings. The zero-order valence-corrected chi connectivity index (χ0v) is 22.2. The van der Waals surface area contributed by atoms with Gasteiger partial charge in [0.15, 0.2) is 0 Å². The number of amides is 2. The summed E-state index contributed by atoms with van der Waals surface area (Å²) < 4.78 is 0. The van der Waals surface area contributed by atoms with Crippen molar-refractivity contribution in [3.63, 3.8) is 0 Å². The lowest BCUT2D eigenvalue weighted by molar-refractivity contribution is -0.384. The summed E-state index contributed by atoms with van der Waals surface area (Å²) in [5, 5.41) is 14.8. The van der Waals surface area contributed by atoms with E-state index in [1.54, 1.807) is 36.4 Å². The molecule has 0 aliphatic heterocycles. The number of nitrogens with one attached hydrogen (secondary N) is 1. The molecule has 1 aliphatic carbocycles. The van der Waals surface area contributed by atoms with E-state index in [1.165, 1.54) is 17.0 Å². The first kappa shape index (κ1) is 27.0. The number of rotatable bonds is 7. The van der Waals surface area contributed by atoms with Gasteiger partial charge in [-0.1, -0.05) is 82.5 Å². The van der Waals surface area contributed by atoms with E-state index in [1.807, 2.05) is 30.3 Å². The van der Waals surface area contributed by atoms with Crippen LogP contribution >= 0.6 is 0 Å².